The lowest BCUT2D eigenvalue weighted by atomic mass is 10.1. The van der Waals surface area contributed by atoms with Crippen LogP contribution in [0.1, 0.15) is 22.7 Å². The molecule has 1 aliphatic rings. The third-order valence-electron chi connectivity index (χ3n) is 4.96. The normalized spacial score (nSPS) is 14.2. The van der Waals surface area contributed by atoms with Gasteiger partial charge in [-0.3, -0.25) is 14.7 Å². The highest BCUT2D eigenvalue weighted by Gasteiger charge is 2.24. The van der Waals surface area contributed by atoms with Gasteiger partial charge in [0.1, 0.15) is 6.61 Å². The number of hydrogen-bond acceptors (Lipinski definition) is 7. The van der Waals surface area contributed by atoms with Crippen molar-refractivity contribution >= 4 is 28.4 Å². The van der Waals surface area contributed by atoms with Crippen molar-refractivity contribution in [2.45, 2.75) is 13.2 Å². The number of nitro groups is 1. The summed E-state index contributed by atoms with van der Waals surface area (Å²) in [7, 11) is 0. The minimum Gasteiger partial charge on any atom is -0.454 e. The van der Waals surface area contributed by atoms with E-state index in [0.717, 1.165) is 6.07 Å². The maximum absolute atomic E-state index is 13.6. The molecule has 1 aliphatic heterocycles. The summed E-state index contributed by atoms with van der Waals surface area (Å²) in [5.74, 6) is -0.985. The number of ether oxygens (including phenoxy) is 2. The van der Waals surface area contributed by atoms with E-state index >= 15 is 0 Å². The molecule has 0 N–H and O–H groups in total. The molecule has 0 radical (unpaired) electrons. The van der Waals surface area contributed by atoms with E-state index < -0.39 is 24.0 Å². The lowest BCUT2D eigenvalue weighted by Crippen LogP contribution is -2.37. The molecule has 31 heavy (non-hydrogen) atoms. The van der Waals surface area contributed by atoms with Gasteiger partial charge in [-0.25, -0.2) is 9.78 Å². The molecular formula is C20H18F2N4O5. The van der Waals surface area contributed by atoms with Crippen molar-refractivity contribution in [3.8, 4) is 0 Å². The van der Waals surface area contributed by atoms with Crippen molar-refractivity contribution in [3.63, 3.8) is 0 Å². The molecule has 3 aromatic rings. The number of aromatic nitrogens is 2. The average Bonchev–Trinajstić information content (AvgIpc) is 3.16. The van der Waals surface area contributed by atoms with Crippen LogP contribution in [0.15, 0.2) is 42.5 Å². The van der Waals surface area contributed by atoms with Crippen molar-refractivity contribution in [1.29, 1.82) is 0 Å². The summed E-state index contributed by atoms with van der Waals surface area (Å²) in [6, 6.07) is 10.3. The fraction of sp³-hybridized carbons (Fsp3) is 0.300. The molecule has 0 saturated carbocycles. The van der Waals surface area contributed by atoms with Gasteiger partial charge in [-0.1, -0.05) is 12.1 Å². The zero-order valence-corrected chi connectivity index (χ0v) is 16.2. The van der Waals surface area contributed by atoms with Gasteiger partial charge < -0.3 is 14.4 Å². The van der Waals surface area contributed by atoms with Gasteiger partial charge in [0.05, 0.1) is 40.4 Å². The average molecular weight is 432 g/mol. The van der Waals surface area contributed by atoms with Crippen LogP contribution in [0.2, 0.25) is 0 Å². The van der Waals surface area contributed by atoms with Crippen LogP contribution >= 0.6 is 0 Å². The van der Waals surface area contributed by atoms with Gasteiger partial charge in [0.25, 0.3) is 5.69 Å². The largest absolute Gasteiger partial charge is 0.454 e. The molecule has 4 rings (SSSR count). The molecule has 0 amide bonds. The quantitative estimate of drug-likeness (QED) is 0.334. The number of hydrogen-bond donors (Lipinski definition) is 0. The predicted molar refractivity (Wildman–Crippen MR) is 106 cm³/mol. The van der Waals surface area contributed by atoms with Gasteiger partial charge >= 0.3 is 12.5 Å². The number of para-hydroxylation sites is 2. The van der Waals surface area contributed by atoms with Gasteiger partial charge in [-0.2, -0.15) is 8.78 Å². The highest BCUT2D eigenvalue weighted by atomic mass is 19.3. The molecule has 162 valence electrons. The molecule has 0 unspecified atom stereocenters. The number of carbonyl (C=O) groups is 1. The summed E-state index contributed by atoms with van der Waals surface area (Å²) in [5, 5.41) is 11.2. The number of nitrogens with zero attached hydrogens (tertiary/aromatic N) is 4. The van der Waals surface area contributed by atoms with Crippen LogP contribution < -0.4 is 4.90 Å². The number of esters is 1. The number of anilines is 1. The second-order valence-electron chi connectivity index (χ2n) is 6.80. The Labute approximate surface area is 174 Å². The third-order valence-corrected chi connectivity index (χ3v) is 4.96. The van der Waals surface area contributed by atoms with Gasteiger partial charge in [0, 0.05) is 25.2 Å². The number of morpholine rings is 1. The number of alkyl halides is 2. The number of halogens is 2. The first-order chi connectivity index (χ1) is 15.0. The fourth-order valence-electron chi connectivity index (χ4n) is 3.50. The lowest BCUT2D eigenvalue weighted by Gasteiger charge is -2.30. The number of non-ortho nitro benzene ring substituents is 1. The molecular weight excluding hydrogens is 414 g/mol. The van der Waals surface area contributed by atoms with Crippen molar-refractivity contribution in [3.05, 3.63) is 64.0 Å². The molecule has 9 nitrogen and oxygen atoms in total. The van der Waals surface area contributed by atoms with Gasteiger partial charge in [-0.15, -0.1) is 0 Å². The van der Waals surface area contributed by atoms with Crippen LogP contribution in [0.3, 0.4) is 0 Å². The smallest absolute Gasteiger partial charge is 0.340 e. The molecule has 2 heterocycles. The summed E-state index contributed by atoms with van der Waals surface area (Å²) >= 11 is 0. The highest BCUT2D eigenvalue weighted by molar-refractivity contribution is 5.96. The number of benzene rings is 2. The SMILES string of the molecule is O=C(OCc1nc2ccccc2n1C(F)F)c1cc([N+](=O)[O-])ccc1N1CCOCC1. The number of carbonyl (C=O) groups excluding carboxylic acids is 1. The molecule has 1 saturated heterocycles. The van der Waals surface area contributed by atoms with E-state index in [-0.39, 0.29) is 22.6 Å². The molecule has 0 spiro atoms. The van der Waals surface area contributed by atoms with Crippen molar-refractivity contribution in [1.82, 2.24) is 9.55 Å². The Balaban J connectivity index is 1.62. The molecule has 1 aromatic heterocycles. The number of nitro benzene ring substituents is 1. The zero-order valence-electron chi connectivity index (χ0n) is 16.2. The zero-order chi connectivity index (χ0) is 22.0. The number of imidazole rings is 1. The first-order valence-corrected chi connectivity index (χ1v) is 9.48. The molecule has 1 fully saturated rings. The minimum absolute atomic E-state index is 0.0178. The predicted octanol–water partition coefficient (Wildman–Crippen LogP) is 3.53. The van der Waals surface area contributed by atoms with E-state index in [4.69, 9.17) is 9.47 Å². The first-order valence-electron chi connectivity index (χ1n) is 9.48. The second-order valence-corrected chi connectivity index (χ2v) is 6.80. The lowest BCUT2D eigenvalue weighted by molar-refractivity contribution is -0.384. The van der Waals surface area contributed by atoms with E-state index in [1.165, 1.54) is 18.2 Å². The Kier molecular flexibility index (Phi) is 5.76. The van der Waals surface area contributed by atoms with E-state index in [0.29, 0.717) is 42.1 Å². The van der Waals surface area contributed by atoms with Crippen molar-refractivity contribution in [2.24, 2.45) is 0 Å². The summed E-state index contributed by atoms with van der Waals surface area (Å²) in [6.45, 7) is -1.49. The summed E-state index contributed by atoms with van der Waals surface area (Å²) < 4.78 is 38.4. The van der Waals surface area contributed by atoms with Crippen LogP contribution in [0.4, 0.5) is 20.2 Å². The second kappa shape index (κ2) is 8.64. The van der Waals surface area contributed by atoms with E-state index in [1.807, 2.05) is 4.90 Å². The summed E-state index contributed by atoms with van der Waals surface area (Å²) in [4.78, 5) is 29.4. The van der Waals surface area contributed by atoms with Crippen molar-refractivity contribution in [2.75, 3.05) is 31.2 Å². The van der Waals surface area contributed by atoms with E-state index in [2.05, 4.69) is 4.98 Å². The van der Waals surface area contributed by atoms with Crippen molar-refractivity contribution < 1.29 is 28.0 Å². The maximum atomic E-state index is 13.6. The first kappa shape index (κ1) is 20.7. The number of fused-ring (bicyclic) bond motifs is 1. The molecule has 0 aliphatic carbocycles. The minimum atomic E-state index is -2.87. The standard InChI is InChI=1S/C20H18F2N4O5/c21-20(22)25-17-4-2-1-3-15(17)23-18(25)12-31-19(27)14-11-13(26(28)29)5-6-16(14)24-7-9-30-10-8-24/h1-6,11,20H,7-10,12H2. The van der Waals surface area contributed by atoms with Crippen LogP contribution in [-0.4, -0.2) is 46.7 Å². The van der Waals surface area contributed by atoms with Crippen LogP contribution in [0.25, 0.3) is 11.0 Å². The maximum Gasteiger partial charge on any atom is 0.340 e. The van der Waals surface area contributed by atoms with E-state index in [1.54, 1.807) is 18.2 Å². The highest BCUT2D eigenvalue weighted by Crippen LogP contribution is 2.28. The Morgan fingerprint density at radius 2 is 1.97 bits per heavy atom. The Hall–Kier alpha value is -3.60. The van der Waals surface area contributed by atoms with Gasteiger partial charge in [-0.05, 0) is 18.2 Å². The molecule has 0 atom stereocenters. The summed E-state index contributed by atoms with van der Waals surface area (Å²) in [6.07, 6.45) is 0. The Morgan fingerprint density at radius 3 is 2.68 bits per heavy atom. The third kappa shape index (κ3) is 4.17. The Bertz CT molecular complexity index is 1130. The molecule has 0 bridgehead atoms. The molecule has 2 aromatic carbocycles. The summed E-state index contributed by atoms with van der Waals surface area (Å²) in [5.41, 5.74) is 0.729. The number of rotatable bonds is 6. The topological polar surface area (TPSA) is 99.7 Å². The van der Waals surface area contributed by atoms with Crippen LogP contribution in [0.5, 0.6) is 0 Å². The van der Waals surface area contributed by atoms with Crippen LogP contribution in [0, 0.1) is 10.1 Å². The fourth-order valence-corrected chi connectivity index (χ4v) is 3.50. The van der Waals surface area contributed by atoms with E-state index in [9.17, 15) is 23.7 Å². The van der Waals surface area contributed by atoms with Gasteiger partial charge in [0.15, 0.2) is 5.82 Å². The molecule has 11 heteroatoms. The van der Waals surface area contributed by atoms with Gasteiger partial charge in [0.2, 0.25) is 0 Å². The monoisotopic (exact) mass is 432 g/mol. The Morgan fingerprint density at radius 1 is 1.23 bits per heavy atom. The van der Waals surface area contributed by atoms with Crippen LogP contribution in [-0.2, 0) is 16.1 Å².